The molecule has 1 aliphatic heterocycles. The van der Waals surface area contributed by atoms with E-state index in [9.17, 15) is 0 Å². The van der Waals surface area contributed by atoms with E-state index in [0.29, 0.717) is 6.04 Å². The Morgan fingerprint density at radius 2 is 1.95 bits per heavy atom. The summed E-state index contributed by atoms with van der Waals surface area (Å²) in [5.74, 6) is 6.26. The zero-order valence-corrected chi connectivity index (χ0v) is 11.9. The van der Waals surface area contributed by atoms with Crippen LogP contribution in [0.3, 0.4) is 0 Å². The van der Waals surface area contributed by atoms with Crippen LogP contribution in [0.15, 0.2) is 30.3 Å². The molecule has 2 nitrogen and oxygen atoms in total. The fourth-order valence-electron chi connectivity index (χ4n) is 3.12. The second-order valence-electron chi connectivity index (χ2n) is 5.11. The fraction of sp³-hybridized carbons (Fsp3) is 0.529. The maximum absolute atomic E-state index is 5.58. The van der Waals surface area contributed by atoms with Crippen molar-refractivity contribution in [2.24, 2.45) is 0 Å². The van der Waals surface area contributed by atoms with Crippen molar-refractivity contribution in [2.75, 3.05) is 20.3 Å². The van der Waals surface area contributed by atoms with Gasteiger partial charge in [0, 0.05) is 31.1 Å². The van der Waals surface area contributed by atoms with Gasteiger partial charge in [-0.15, -0.1) is 11.8 Å². The molecule has 2 heteroatoms. The molecule has 19 heavy (non-hydrogen) atoms. The summed E-state index contributed by atoms with van der Waals surface area (Å²) in [7, 11) is 2.04. The number of benzene rings is 1. The van der Waals surface area contributed by atoms with E-state index < -0.39 is 0 Å². The molecule has 1 saturated heterocycles. The van der Waals surface area contributed by atoms with Gasteiger partial charge in [0.1, 0.15) is 0 Å². The molecule has 0 bridgehead atoms. The molecular weight excluding hydrogens is 234 g/mol. The van der Waals surface area contributed by atoms with Crippen LogP contribution in [0.25, 0.3) is 0 Å². The molecule has 1 unspecified atom stereocenters. The van der Waals surface area contributed by atoms with Crippen molar-refractivity contribution in [3.8, 4) is 11.8 Å². The summed E-state index contributed by atoms with van der Waals surface area (Å²) in [4.78, 5) is 0. The van der Waals surface area contributed by atoms with Crippen molar-refractivity contribution >= 4 is 0 Å². The molecule has 1 aliphatic rings. The SMILES string of the molecule is CC#CCC(NC)C1(c2ccccc2)CCOCC1. The van der Waals surface area contributed by atoms with Crippen LogP contribution in [0, 0.1) is 11.8 Å². The summed E-state index contributed by atoms with van der Waals surface area (Å²) < 4.78 is 5.58. The topological polar surface area (TPSA) is 21.3 Å². The average molecular weight is 257 g/mol. The molecule has 0 spiro atoms. The van der Waals surface area contributed by atoms with Crippen LogP contribution >= 0.6 is 0 Å². The first-order chi connectivity index (χ1) is 9.33. The molecule has 102 valence electrons. The maximum atomic E-state index is 5.58. The van der Waals surface area contributed by atoms with Gasteiger partial charge in [-0.3, -0.25) is 0 Å². The fourth-order valence-corrected chi connectivity index (χ4v) is 3.12. The van der Waals surface area contributed by atoms with Crippen molar-refractivity contribution in [3.05, 3.63) is 35.9 Å². The number of ether oxygens (including phenoxy) is 1. The molecule has 1 atom stereocenters. The van der Waals surface area contributed by atoms with Crippen LogP contribution in [0.4, 0.5) is 0 Å². The Kier molecular flexibility index (Phi) is 5.01. The largest absolute Gasteiger partial charge is 0.381 e. The molecule has 0 saturated carbocycles. The predicted octanol–water partition coefficient (Wildman–Crippen LogP) is 2.74. The number of hydrogen-bond donors (Lipinski definition) is 1. The molecule has 1 heterocycles. The number of hydrogen-bond acceptors (Lipinski definition) is 2. The molecule has 1 N–H and O–H groups in total. The highest BCUT2D eigenvalue weighted by molar-refractivity contribution is 5.29. The summed E-state index contributed by atoms with van der Waals surface area (Å²) in [6.45, 7) is 3.59. The summed E-state index contributed by atoms with van der Waals surface area (Å²) in [6, 6.07) is 11.2. The Labute approximate surface area is 116 Å². The molecular formula is C17H23NO. The first-order valence-electron chi connectivity index (χ1n) is 7.03. The molecule has 1 fully saturated rings. The first kappa shape index (κ1) is 14.1. The number of rotatable bonds is 4. The maximum Gasteiger partial charge on any atom is 0.0475 e. The van der Waals surface area contributed by atoms with Crippen molar-refractivity contribution in [1.82, 2.24) is 5.32 Å². The van der Waals surface area contributed by atoms with Crippen molar-refractivity contribution in [3.63, 3.8) is 0 Å². The van der Waals surface area contributed by atoms with Gasteiger partial charge in [0.25, 0.3) is 0 Å². The van der Waals surface area contributed by atoms with Crippen LogP contribution < -0.4 is 5.32 Å². The molecule has 0 radical (unpaired) electrons. The van der Waals surface area contributed by atoms with Crippen molar-refractivity contribution < 1.29 is 4.74 Å². The first-order valence-corrected chi connectivity index (χ1v) is 7.03. The lowest BCUT2D eigenvalue weighted by Gasteiger charge is -2.43. The van der Waals surface area contributed by atoms with Gasteiger partial charge in [-0.1, -0.05) is 30.3 Å². The summed E-state index contributed by atoms with van der Waals surface area (Å²) >= 11 is 0. The molecule has 1 aromatic carbocycles. The van der Waals surface area contributed by atoms with Crippen LogP contribution in [0.5, 0.6) is 0 Å². The highest BCUT2D eigenvalue weighted by Crippen LogP contribution is 2.39. The molecule has 0 aromatic heterocycles. The average Bonchev–Trinajstić information content (AvgIpc) is 2.50. The summed E-state index contributed by atoms with van der Waals surface area (Å²) in [5, 5.41) is 3.49. The van der Waals surface area contributed by atoms with E-state index in [2.05, 4.69) is 47.5 Å². The van der Waals surface area contributed by atoms with Crippen molar-refractivity contribution in [2.45, 2.75) is 37.6 Å². The summed E-state index contributed by atoms with van der Waals surface area (Å²) in [6.07, 6.45) is 3.02. The van der Waals surface area contributed by atoms with E-state index in [1.54, 1.807) is 0 Å². The van der Waals surface area contributed by atoms with Gasteiger partial charge < -0.3 is 10.1 Å². The molecule has 1 aromatic rings. The Morgan fingerprint density at radius 1 is 1.26 bits per heavy atom. The minimum absolute atomic E-state index is 0.151. The lowest BCUT2D eigenvalue weighted by Crippen LogP contribution is -2.50. The Balaban J connectivity index is 2.34. The van der Waals surface area contributed by atoms with Gasteiger partial charge in [-0.05, 0) is 32.4 Å². The Bertz CT molecular complexity index is 437. The Morgan fingerprint density at radius 3 is 2.53 bits per heavy atom. The van der Waals surface area contributed by atoms with Gasteiger partial charge in [-0.25, -0.2) is 0 Å². The van der Waals surface area contributed by atoms with Crippen LogP contribution in [0.1, 0.15) is 31.7 Å². The van der Waals surface area contributed by atoms with Crippen LogP contribution in [0.2, 0.25) is 0 Å². The third kappa shape index (κ3) is 3.00. The number of nitrogens with one attached hydrogen (secondary N) is 1. The van der Waals surface area contributed by atoms with Gasteiger partial charge in [0.15, 0.2) is 0 Å². The van der Waals surface area contributed by atoms with Gasteiger partial charge in [0.2, 0.25) is 0 Å². The third-order valence-corrected chi connectivity index (χ3v) is 4.23. The van der Waals surface area contributed by atoms with E-state index >= 15 is 0 Å². The monoisotopic (exact) mass is 257 g/mol. The molecule has 0 amide bonds. The molecule has 2 rings (SSSR count). The predicted molar refractivity (Wildman–Crippen MR) is 79.1 cm³/mol. The summed E-state index contributed by atoms with van der Waals surface area (Å²) in [5.41, 5.74) is 1.56. The highest BCUT2D eigenvalue weighted by atomic mass is 16.5. The smallest absolute Gasteiger partial charge is 0.0475 e. The van der Waals surface area contributed by atoms with Gasteiger partial charge >= 0.3 is 0 Å². The lowest BCUT2D eigenvalue weighted by atomic mass is 9.68. The zero-order chi connectivity index (χ0) is 13.6. The lowest BCUT2D eigenvalue weighted by molar-refractivity contribution is 0.0362. The highest BCUT2D eigenvalue weighted by Gasteiger charge is 2.40. The van der Waals surface area contributed by atoms with Gasteiger partial charge in [0.05, 0.1) is 0 Å². The van der Waals surface area contributed by atoms with E-state index in [-0.39, 0.29) is 5.41 Å². The van der Waals surface area contributed by atoms with E-state index in [1.807, 2.05) is 14.0 Å². The van der Waals surface area contributed by atoms with Gasteiger partial charge in [-0.2, -0.15) is 0 Å². The standard InChI is InChI=1S/C17H23NO/c1-3-4-10-16(18-2)17(11-13-19-14-12-17)15-8-6-5-7-9-15/h5-9,16,18H,10-14H2,1-2H3. The molecule has 0 aliphatic carbocycles. The van der Waals surface area contributed by atoms with Crippen LogP contribution in [-0.4, -0.2) is 26.3 Å². The number of likely N-dealkylation sites (N-methyl/N-ethyl adjacent to an activating group) is 1. The zero-order valence-electron chi connectivity index (χ0n) is 11.9. The van der Waals surface area contributed by atoms with E-state index in [0.717, 1.165) is 32.5 Å². The van der Waals surface area contributed by atoms with E-state index in [4.69, 9.17) is 4.74 Å². The Hall–Kier alpha value is -1.30. The minimum atomic E-state index is 0.151. The normalized spacial score (nSPS) is 19.3. The van der Waals surface area contributed by atoms with Crippen molar-refractivity contribution in [1.29, 1.82) is 0 Å². The van der Waals surface area contributed by atoms with E-state index in [1.165, 1.54) is 5.56 Å². The van der Waals surface area contributed by atoms with Crippen LogP contribution in [-0.2, 0) is 10.2 Å². The second kappa shape index (κ2) is 6.75. The quantitative estimate of drug-likeness (QED) is 0.837. The third-order valence-electron chi connectivity index (χ3n) is 4.23. The minimum Gasteiger partial charge on any atom is -0.381 e. The second-order valence-corrected chi connectivity index (χ2v) is 5.11.